The summed E-state index contributed by atoms with van der Waals surface area (Å²) in [5, 5.41) is 0. The summed E-state index contributed by atoms with van der Waals surface area (Å²) >= 11 is 0. The molecule has 0 aliphatic heterocycles. The molecule has 0 bridgehead atoms. The van der Waals surface area contributed by atoms with Gasteiger partial charge in [-0.2, -0.15) is 0 Å². The van der Waals surface area contributed by atoms with Crippen LogP contribution in [0.3, 0.4) is 0 Å². The molecule has 0 aromatic rings. The van der Waals surface area contributed by atoms with Gasteiger partial charge in [0.15, 0.2) is 0 Å². The first-order valence-corrected chi connectivity index (χ1v) is 7.36. The molecule has 0 N–H and O–H groups in total. The number of carbonyl (C=O) groups excluding carboxylic acids is 2. The van der Waals surface area contributed by atoms with Crippen LogP contribution in [0.4, 0.5) is 4.79 Å². The molecular formula is C15H29NO4. The molecule has 0 saturated heterocycles. The van der Waals surface area contributed by atoms with E-state index >= 15 is 0 Å². The second kappa shape index (κ2) is 9.61. The summed E-state index contributed by atoms with van der Waals surface area (Å²) in [6.45, 7) is 8.34. The van der Waals surface area contributed by atoms with E-state index in [1.165, 1.54) is 11.3 Å². The van der Waals surface area contributed by atoms with Crippen LogP contribution in [0, 0.1) is 0 Å². The molecule has 5 heteroatoms. The van der Waals surface area contributed by atoms with Crippen molar-refractivity contribution in [1.82, 2.24) is 4.90 Å². The quantitative estimate of drug-likeness (QED) is 0.507. The molecule has 0 aliphatic rings. The molecule has 0 unspecified atom stereocenters. The molecule has 0 atom stereocenters. The number of unbranched alkanes of at least 4 members (excludes halogenated alkanes) is 3. The molecule has 1 amide bonds. The van der Waals surface area contributed by atoms with Gasteiger partial charge in [-0.25, -0.2) is 4.79 Å². The zero-order chi connectivity index (χ0) is 15.6. The van der Waals surface area contributed by atoms with Crippen molar-refractivity contribution in [2.75, 3.05) is 20.2 Å². The van der Waals surface area contributed by atoms with Crippen LogP contribution < -0.4 is 0 Å². The van der Waals surface area contributed by atoms with E-state index in [9.17, 15) is 9.59 Å². The molecule has 20 heavy (non-hydrogen) atoms. The van der Waals surface area contributed by atoms with Gasteiger partial charge in [-0.15, -0.1) is 0 Å². The minimum Gasteiger partial charge on any atom is -0.466 e. The highest BCUT2D eigenvalue weighted by molar-refractivity contribution is 5.72. The van der Waals surface area contributed by atoms with Crippen molar-refractivity contribution in [1.29, 1.82) is 0 Å². The highest BCUT2D eigenvalue weighted by atomic mass is 16.6. The highest BCUT2D eigenvalue weighted by Gasteiger charge is 2.20. The summed E-state index contributed by atoms with van der Waals surface area (Å²) in [6.07, 6.45) is 4.09. The monoisotopic (exact) mass is 287 g/mol. The minimum atomic E-state index is -0.523. The Morgan fingerprint density at radius 3 is 2.30 bits per heavy atom. The number of esters is 1. The van der Waals surface area contributed by atoms with Gasteiger partial charge in [0.05, 0.1) is 13.0 Å². The molecule has 0 aromatic carbocycles. The van der Waals surface area contributed by atoms with Crippen molar-refractivity contribution in [3.8, 4) is 0 Å². The van der Waals surface area contributed by atoms with E-state index < -0.39 is 11.7 Å². The highest BCUT2D eigenvalue weighted by Crippen LogP contribution is 2.09. The zero-order valence-electron chi connectivity index (χ0n) is 13.5. The van der Waals surface area contributed by atoms with Crippen LogP contribution in [0.2, 0.25) is 0 Å². The van der Waals surface area contributed by atoms with Gasteiger partial charge < -0.3 is 14.4 Å². The first kappa shape index (κ1) is 18.7. The Balaban J connectivity index is 3.75. The minimum absolute atomic E-state index is 0.198. The van der Waals surface area contributed by atoms with E-state index in [0.29, 0.717) is 13.2 Å². The number of nitrogens with zero attached hydrogens (tertiary/aromatic N) is 1. The maximum absolute atomic E-state index is 11.7. The van der Waals surface area contributed by atoms with E-state index in [1.807, 2.05) is 20.8 Å². The fraction of sp³-hybridized carbons (Fsp3) is 0.867. The number of hydrogen-bond donors (Lipinski definition) is 0. The fourth-order valence-corrected chi connectivity index (χ4v) is 1.48. The molecule has 5 nitrogen and oxygen atoms in total. The molecular weight excluding hydrogens is 258 g/mol. The maximum atomic E-state index is 11.7. The number of amides is 1. The lowest BCUT2D eigenvalue weighted by Crippen LogP contribution is -2.35. The van der Waals surface area contributed by atoms with Gasteiger partial charge in [-0.1, -0.05) is 26.2 Å². The van der Waals surface area contributed by atoms with Crippen molar-refractivity contribution >= 4 is 12.1 Å². The Labute approximate surface area is 122 Å². The second-order valence-electron chi connectivity index (χ2n) is 5.93. The molecule has 0 spiro atoms. The van der Waals surface area contributed by atoms with Gasteiger partial charge in [-0.05, 0) is 27.2 Å². The van der Waals surface area contributed by atoms with Crippen LogP contribution >= 0.6 is 0 Å². The van der Waals surface area contributed by atoms with E-state index in [0.717, 1.165) is 19.3 Å². The third-order valence-electron chi connectivity index (χ3n) is 2.62. The molecule has 118 valence electrons. The molecule has 0 radical (unpaired) electrons. The van der Waals surface area contributed by atoms with Crippen LogP contribution in [0.15, 0.2) is 0 Å². The average Bonchev–Trinajstić information content (AvgIpc) is 2.33. The third kappa shape index (κ3) is 10.6. The Hall–Kier alpha value is -1.26. The Bertz CT molecular complexity index is 297. The van der Waals surface area contributed by atoms with Crippen LogP contribution in [-0.4, -0.2) is 42.8 Å². The standard InChI is InChI=1S/C15H29NO4/c1-6-7-8-9-12-19-13(17)10-11-16(5)14(18)20-15(2,3)4/h6-12H2,1-5H3. The van der Waals surface area contributed by atoms with Gasteiger partial charge in [0, 0.05) is 13.6 Å². The van der Waals surface area contributed by atoms with Crippen molar-refractivity contribution in [2.45, 2.75) is 65.4 Å². The first-order chi connectivity index (χ1) is 9.26. The van der Waals surface area contributed by atoms with Crippen LogP contribution in [-0.2, 0) is 14.3 Å². The van der Waals surface area contributed by atoms with E-state index in [4.69, 9.17) is 9.47 Å². The molecule has 0 aromatic heterocycles. The molecule has 0 heterocycles. The molecule has 0 rings (SSSR count). The smallest absolute Gasteiger partial charge is 0.410 e. The number of carbonyl (C=O) groups is 2. The summed E-state index contributed by atoms with van der Waals surface area (Å²) in [6, 6.07) is 0. The largest absolute Gasteiger partial charge is 0.466 e. The maximum Gasteiger partial charge on any atom is 0.410 e. The van der Waals surface area contributed by atoms with E-state index in [2.05, 4.69) is 6.92 Å². The van der Waals surface area contributed by atoms with Gasteiger partial charge in [0.1, 0.15) is 5.60 Å². The first-order valence-electron chi connectivity index (χ1n) is 7.36. The van der Waals surface area contributed by atoms with Crippen LogP contribution in [0.1, 0.15) is 59.8 Å². The summed E-state index contributed by atoms with van der Waals surface area (Å²) < 4.78 is 10.3. The number of hydrogen-bond acceptors (Lipinski definition) is 4. The number of ether oxygens (including phenoxy) is 2. The third-order valence-corrected chi connectivity index (χ3v) is 2.62. The van der Waals surface area contributed by atoms with E-state index in [1.54, 1.807) is 7.05 Å². The Morgan fingerprint density at radius 1 is 1.10 bits per heavy atom. The topological polar surface area (TPSA) is 55.8 Å². The van der Waals surface area contributed by atoms with Crippen molar-refractivity contribution < 1.29 is 19.1 Å². The predicted octanol–water partition coefficient (Wildman–Crippen LogP) is 3.37. The summed E-state index contributed by atoms with van der Waals surface area (Å²) in [7, 11) is 1.61. The molecule has 0 aliphatic carbocycles. The summed E-state index contributed by atoms with van der Waals surface area (Å²) in [5.41, 5.74) is -0.523. The molecule has 0 fully saturated rings. The van der Waals surface area contributed by atoms with Crippen LogP contribution in [0.5, 0.6) is 0 Å². The van der Waals surface area contributed by atoms with E-state index in [-0.39, 0.29) is 12.4 Å². The van der Waals surface area contributed by atoms with Crippen molar-refractivity contribution in [2.24, 2.45) is 0 Å². The van der Waals surface area contributed by atoms with Crippen LogP contribution in [0.25, 0.3) is 0 Å². The van der Waals surface area contributed by atoms with Crippen molar-refractivity contribution in [3.05, 3.63) is 0 Å². The zero-order valence-corrected chi connectivity index (χ0v) is 13.5. The Morgan fingerprint density at radius 2 is 1.75 bits per heavy atom. The Kier molecular flexibility index (Phi) is 9.01. The second-order valence-corrected chi connectivity index (χ2v) is 5.93. The number of rotatable bonds is 8. The van der Waals surface area contributed by atoms with Gasteiger partial charge in [-0.3, -0.25) is 4.79 Å². The SMILES string of the molecule is CCCCCCOC(=O)CCN(C)C(=O)OC(C)(C)C. The predicted molar refractivity (Wildman–Crippen MR) is 78.6 cm³/mol. The lowest BCUT2D eigenvalue weighted by molar-refractivity contribution is -0.144. The lowest BCUT2D eigenvalue weighted by atomic mass is 10.2. The molecule has 0 saturated carbocycles. The lowest BCUT2D eigenvalue weighted by Gasteiger charge is -2.24. The van der Waals surface area contributed by atoms with Gasteiger partial charge in [0.25, 0.3) is 0 Å². The fourth-order valence-electron chi connectivity index (χ4n) is 1.48. The normalized spacial score (nSPS) is 11.1. The summed E-state index contributed by atoms with van der Waals surface area (Å²) in [4.78, 5) is 24.5. The average molecular weight is 287 g/mol. The van der Waals surface area contributed by atoms with Gasteiger partial charge >= 0.3 is 12.1 Å². The van der Waals surface area contributed by atoms with Gasteiger partial charge in [0.2, 0.25) is 0 Å². The van der Waals surface area contributed by atoms with Crippen molar-refractivity contribution in [3.63, 3.8) is 0 Å². The summed E-state index contributed by atoms with van der Waals surface area (Å²) in [5.74, 6) is -0.267.